The first-order chi connectivity index (χ1) is 16.1. The van der Waals surface area contributed by atoms with Gasteiger partial charge >= 0.3 is 0 Å². The Kier molecular flexibility index (Phi) is 8.20. The summed E-state index contributed by atoms with van der Waals surface area (Å²) >= 11 is 7.27. The maximum absolute atomic E-state index is 12.5. The van der Waals surface area contributed by atoms with E-state index < -0.39 is 6.10 Å². The number of rotatable bonds is 9. The fraction of sp³-hybridized carbons (Fsp3) is 0.391. The Bertz CT molecular complexity index is 1050. The molecule has 10 heteroatoms. The van der Waals surface area contributed by atoms with Crippen molar-refractivity contribution in [3.05, 3.63) is 59.6 Å². The van der Waals surface area contributed by atoms with Gasteiger partial charge < -0.3 is 14.7 Å². The molecule has 0 aliphatic carbocycles. The summed E-state index contributed by atoms with van der Waals surface area (Å²) in [6, 6.07) is 10.8. The number of benzene rings is 1. The zero-order chi connectivity index (χ0) is 23.0. The van der Waals surface area contributed by atoms with Crippen molar-refractivity contribution >= 4 is 29.3 Å². The molecule has 2 aromatic heterocycles. The topological polar surface area (TPSA) is 93.4 Å². The van der Waals surface area contributed by atoms with Crippen molar-refractivity contribution < 1.29 is 14.6 Å². The van der Waals surface area contributed by atoms with Gasteiger partial charge in [-0.3, -0.25) is 14.3 Å². The second kappa shape index (κ2) is 11.5. The maximum Gasteiger partial charge on any atom is 0.222 e. The average molecular weight is 488 g/mol. The van der Waals surface area contributed by atoms with E-state index >= 15 is 0 Å². The lowest BCUT2D eigenvalue weighted by molar-refractivity contribution is -0.131. The number of amides is 1. The minimum Gasteiger partial charge on any atom is -0.491 e. The zero-order valence-corrected chi connectivity index (χ0v) is 19.7. The van der Waals surface area contributed by atoms with Crippen molar-refractivity contribution in [1.29, 1.82) is 0 Å². The first kappa shape index (κ1) is 23.5. The Morgan fingerprint density at radius 1 is 1.15 bits per heavy atom. The van der Waals surface area contributed by atoms with Gasteiger partial charge in [-0.05, 0) is 49.2 Å². The highest BCUT2D eigenvalue weighted by molar-refractivity contribution is 7.99. The van der Waals surface area contributed by atoms with Crippen LogP contribution in [0.15, 0.2) is 53.9 Å². The molecular weight excluding hydrogens is 462 g/mol. The monoisotopic (exact) mass is 487 g/mol. The molecule has 0 bridgehead atoms. The highest BCUT2D eigenvalue weighted by Gasteiger charge is 2.22. The van der Waals surface area contributed by atoms with E-state index in [0.29, 0.717) is 40.5 Å². The van der Waals surface area contributed by atoms with Crippen LogP contribution in [-0.2, 0) is 11.3 Å². The fourth-order valence-corrected chi connectivity index (χ4v) is 4.56. The van der Waals surface area contributed by atoms with Crippen LogP contribution in [0, 0.1) is 0 Å². The lowest BCUT2D eigenvalue weighted by Gasteiger charge is -2.20. The van der Waals surface area contributed by atoms with E-state index in [1.165, 1.54) is 11.8 Å². The molecule has 1 aromatic carbocycles. The number of thioether (sulfide) groups is 1. The zero-order valence-electron chi connectivity index (χ0n) is 18.1. The molecule has 3 heterocycles. The number of hydrogen-bond acceptors (Lipinski definition) is 7. The molecule has 0 saturated carbocycles. The first-order valence-corrected chi connectivity index (χ1v) is 12.3. The lowest BCUT2D eigenvalue weighted by atomic mass is 10.2. The molecule has 0 radical (unpaired) electrons. The smallest absolute Gasteiger partial charge is 0.222 e. The minimum absolute atomic E-state index is 0.144. The summed E-state index contributed by atoms with van der Waals surface area (Å²) in [5.41, 5.74) is 0.814. The predicted octanol–water partition coefficient (Wildman–Crippen LogP) is 3.75. The molecule has 1 atom stereocenters. The van der Waals surface area contributed by atoms with Crippen LogP contribution >= 0.6 is 23.4 Å². The Morgan fingerprint density at radius 2 is 2.00 bits per heavy atom. The summed E-state index contributed by atoms with van der Waals surface area (Å²) in [4.78, 5) is 18.6. The Hall–Kier alpha value is -2.62. The third kappa shape index (κ3) is 6.46. The van der Waals surface area contributed by atoms with E-state index in [1.807, 2.05) is 21.6 Å². The number of nitrogens with zero attached hydrogens (tertiary/aromatic N) is 5. The third-order valence-electron chi connectivity index (χ3n) is 5.27. The molecule has 1 aliphatic heterocycles. The normalized spacial score (nSPS) is 15.3. The van der Waals surface area contributed by atoms with Crippen LogP contribution in [0.4, 0.5) is 0 Å². The fourth-order valence-electron chi connectivity index (χ4n) is 3.56. The van der Waals surface area contributed by atoms with Crippen molar-refractivity contribution in [2.45, 2.75) is 43.5 Å². The molecule has 1 fully saturated rings. The summed E-state index contributed by atoms with van der Waals surface area (Å²) < 4.78 is 7.54. The van der Waals surface area contributed by atoms with Gasteiger partial charge in [-0.2, -0.15) is 0 Å². The molecule has 8 nitrogen and oxygen atoms in total. The summed E-state index contributed by atoms with van der Waals surface area (Å²) in [6.07, 6.45) is 6.30. The average Bonchev–Trinajstić information content (AvgIpc) is 3.12. The number of hydrogen-bond donors (Lipinski definition) is 1. The lowest BCUT2D eigenvalue weighted by Crippen LogP contribution is -2.31. The van der Waals surface area contributed by atoms with E-state index in [0.717, 1.165) is 31.5 Å². The van der Waals surface area contributed by atoms with Crippen LogP contribution in [-0.4, -0.2) is 60.7 Å². The van der Waals surface area contributed by atoms with Crippen LogP contribution in [0.25, 0.3) is 5.69 Å². The van der Waals surface area contributed by atoms with Gasteiger partial charge in [0.05, 0.1) is 24.5 Å². The van der Waals surface area contributed by atoms with Crippen LogP contribution in [0.2, 0.25) is 5.02 Å². The second-order valence-electron chi connectivity index (χ2n) is 7.80. The van der Waals surface area contributed by atoms with E-state index in [1.54, 1.807) is 36.7 Å². The van der Waals surface area contributed by atoms with Gasteiger partial charge in [0.25, 0.3) is 0 Å². The van der Waals surface area contributed by atoms with Crippen molar-refractivity contribution in [2.75, 3.05) is 18.9 Å². The summed E-state index contributed by atoms with van der Waals surface area (Å²) in [5.74, 6) is 1.84. The highest BCUT2D eigenvalue weighted by atomic mass is 35.5. The number of aliphatic hydroxyl groups is 1. The molecule has 33 heavy (non-hydrogen) atoms. The van der Waals surface area contributed by atoms with Crippen molar-refractivity contribution in [2.24, 2.45) is 0 Å². The Morgan fingerprint density at radius 3 is 2.79 bits per heavy atom. The number of ether oxygens (including phenoxy) is 1. The van der Waals surface area contributed by atoms with Gasteiger partial charge in [0.2, 0.25) is 5.91 Å². The number of halogens is 1. The number of carbonyl (C=O) groups excluding carboxylic acids is 1. The number of carbonyl (C=O) groups is 1. The molecule has 1 N–H and O–H groups in total. The van der Waals surface area contributed by atoms with Crippen molar-refractivity contribution in [1.82, 2.24) is 24.6 Å². The molecule has 174 valence electrons. The summed E-state index contributed by atoms with van der Waals surface area (Å²) in [5, 5.41) is 20.4. The number of aromatic nitrogens is 4. The molecule has 1 amide bonds. The molecule has 4 rings (SSSR count). The van der Waals surface area contributed by atoms with Gasteiger partial charge in [-0.1, -0.05) is 29.8 Å². The summed E-state index contributed by atoms with van der Waals surface area (Å²) in [7, 11) is 0. The van der Waals surface area contributed by atoms with E-state index in [-0.39, 0.29) is 12.5 Å². The van der Waals surface area contributed by atoms with Crippen molar-refractivity contribution in [3.63, 3.8) is 0 Å². The van der Waals surface area contributed by atoms with E-state index in [4.69, 9.17) is 16.3 Å². The quantitative estimate of drug-likeness (QED) is 0.459. The van der Waals surface area contributed by atoms with Gasteiger partial charge in [-0.25, -0.2) is 0 Å². The second-order valence-corrected chi connectivity index (χ2v) is 9.22. The SMILES string of the molecule is O=C1CCCCCN1Cc1nnc(SCC(O)COc2ccc(Cl)cc2)n1-c1cccnc1. The van der Waals surface area contributed by atoms with E-state index in [2.05, 4.69) is 15.2 Å². The van der Waals surface area contributed by atoms with Crippen LogP contribution in [0.1, 0.15) is 31.5 Å². The molecule has 1 unspecified atom stereocenters. The molecule has 1 aliphatic rings. The molecule has 3 aromatic rings. The summed E-state index contributed by atoms with van der Waals surface area (Å²) in [6.45, 7) is 1.26. The Balaban J connectivity index is 1.44. The van der Waals surface area contributed by atoms with E-state index in [9.17, 15) is 9.90 Å². The van der Waals surface area contributed by atoms with Gasteiger partial charge in [0, 0.05) is 29.9 Å². The molecule has 0 spiro atoms. The maximum atomic E-state index is 12.5. The predicted molar refractivity (Wildman–Crippen MR) is 127 cm³/mol. The van der Waals surface area contributed by atoms with Crippen LogP contribution in [0.5, 0.6) is 5.75 Å². The van der Waals surface area contributed by atoms with Crippen LogP contribution < -0.4 is 4.74 Å². The highest BCUT2D eigenvalue weighted by Crippen LogP contribution is 2.24. The third-order valence-corrected chi connectivity index (χ3v) is 6.59. The molecular formula is C23H26ClN5O3S. The van der Waals surface area contributed by atoms with Crippen LogP contribution in [0.3, 0.4) is 0 Å². The number of likely N-dealkylation sites (tertiary alicyclic amines) is 1. The molecule has 1 saturated heterocycles. The van der Waals surface area contributed by atoms with Gasteiger partial charge in [-0.15, -0.1) is 10.2 Å². The van der Waals surface area contributed by atoms with Crippen molar-refractivity contribution in [3.8, 4) is 11.4 Å². The largest absolute Gasteiger partial charge is 0.491 e. The van der Waals surface area contributed by atoms with Gasteiger partial charge in [0.1, 0.15) is 12.4 Å². The van der Waals surface area contributed by atoms with Gasteiger partial charge in [0.15, 0.2) is 11.0 Å². The number of aliphatic hydroxyl groups excluding tert-OH is 1. The number of pyridine rings is 1. The standard InChI is InChI=1S/C23H26ClN5O3S/c24-17-7-9-20(10-8-17)32-15-19(30)16-33-23-27-26-21(29(23)18-5-4-11-25-13-18)14-28-12-3-1-2-6-22(28)31/h4-5,7-11,13,19,30H,1-3,6,12,14-16H2. The Labute approximate surface area is 201 Å². The minimum atomic E-state index is -0.708. The first-order valence-electron chi connectivity index (χ1n) is 10.9.